The molecule has 2 saturated carbocycles. The quantitative estimate of drug-likeness (QED) is 0.711. The Morgan fingerprint density at radius 1 is 1.14 bits per heavy atom. The van der Waals surface area contributed by atoms with Crippen molar-refractivity contribution in [1.82, 2.24) is 5.32 Å². The molecule has 0 heterocycles. The molecule has 1 heteroatoms. The maximum atomic E-state index is 3.70. The second kappa shape index (κ2) is 4.22. The Kier molecular flexibility index (Phi) is 3.16. The molecule has 0 aliphatic heterocycles. The Hall–Kier alpha value is -0.0400. The van der Waals surface area contributed by atoms with Gasteiger partial charge in [-0.1, -0.05) is 20.8 Å². The van der Waals surface area contributed by atoms with Crippen LogP contribution < -0.4 is 5.32 Å². The highest BCUT2D eigenvalue weighted by molar-refractivity contribution is 4.99. The zero-order chi connectivity index (χ0) is 10.1. The molecule has 14 heavy (non-hydrogen) atoms. The van der Waals surface area contributed by atoms with Gasteiger partial charge in [0, 0.05) is 6.04 Å². The van der Waals surface area contributed by atoms with E-state index < -0.39 is 0 Å². The van der Waals surface area contributed by atoms with Gasteiger partial charge in [0.25, 0.3) is 0 Å². The van der Waals surface area contributed by atoms with Gasteiger partial charge in [-0.2, -0.15) is 0 Å². The minimum Gasteiger partial charge on any atom is -0.314 e. The second-order valence-electron chi connectivity index (χ2n) is 5.78. The van der Waals surface area contributed by atoms with Gasteiger partial charge in [-0.3, -0.25) is 0 Å². The van der Waals surface area contributed by atoms with Crippen molar-refractivity contribution in [3.8, 4) is 0 Å². The molecule has 2 fully saturated rings. The van der Waals surface area contributed by atoms with E-state index in [2.05, 4.69) is 26.1 Å². The molecule has 2 aliphatic rings. The van der Waals surface area contributed by atoms with Crippen LogP contribution >= 0.6 is 0 Å². The van der Waals surface area contributed by atoms with Crippen LogP contribution in [0.4, 0.5) is 0 Å². The summed E-state index contributed by atoms with van der Waals surface area (Å²) in [6.45, 7) is 8.08. The lowest BCUT2D eigenvalue weighted by Gasteiger charge is -2.27. The first-order valence-corrected chi connectivity index (χ1v) is 6.44. The van der Waals surface area contributed by atoms with Crippen molar-refractivity contribution in [2.45, 2.75) is 52.5 Å². The molecule has 0 aromatic heterocycles. The van der Waals surface area contributed by atoms with Crippen LogP contribution in [0.2, 0.25) is 0 Å². The molecule has 1 N–H and O–H groups in total. The first-order valence-electron chi connectivity index (χ1n) is 6.44. The zero-order valence-corrected chi connectivity index (χ0v) is 9.92. The molecule has 0 aromatic carbocycles. The van der Waals surface area contributed by atoms with Crippen molar-refractivity contribution < 1.29 is 0 Å². The monoisotopic (exact) mass is 195 g/mol. The average molecular weight is 195 g/mol. The molecule has 0 saturated heterocycles. The van der Waals surface area contributed by atoms with E-state index in [0.717, 1.165) is 36.3 Å². The molecule has 3 atom stereocenters. The predicted octanol–water partition coefficient (Wildman–Crippen LogP) is 3.06. The van der Waals surface area contributed by atoms with Crippen molar-refractivity contribution >= 4 is 0 Å². The number of hydrogen-bond donors (Lipinski definition) is 1. The third kappa shape index (κ3) is 2.31. The third-order valence-electron chi connectivity index (χ3n) is 4.04. The number of hydrogen-bond acceptors (Lipinski definition) is 1. The first kappa shape index (κ1) is 10.5. The van der Waals surface area contributed by atoms with Crippen molar-refractivity contribution in [2.24, 2.45) is 23.7 Å². The van der Waals surface area contributed by atoms with E-state index >= 15 is 0 Å². The summed E-state index contributed by atoms with van der Waals surface area (Å²) < 4.78 is 0. The van der Waals surface area contributed by atoms with Gasteiger partial charge in [0.05, 0.1) is 0 Å². The molecular formula is C13H25N. The van der Waals surface area contributed by atoms with E-state index in [1.165, 1.54) is 19.3 Å². The molecule has 1 nitrogen and oxygen atoms in total. The smallest absolute Gasteiger partial charge is 0.00978 e. The molecule has 0 spiro atoms. The Labute approximate surface area is 88.7 Å². The fourth-order valence-electron chi connectivity index (χ4n) is 3.30. The highest BCUT2D eigenvalue weighted by Crippen LogP contribution is 2.55. The molecular weight excluding hydrogens is 170 g/mol. The summed E-state index contributed by atoms with van der Waals surface area (Å²) in [6.07, 6.45) is 5.97. The highest BCUT2D eigenvalue weighted by atomic mass is 14.9. The molecule has 0 aromatic rings. The Morgan fingerprint density at radius 2 is 1.79 bits per heavy atom. The van der Waals surface area contributed by atoms with Crippen LogP contribution in [-0.2, 0) is 0 Å². The summed E-state index contributed by atoms with van der Waals surface area (Å²) in [7, 11) is 0. The van der Waals surface area contributed by atoms with Gasteiger partial charge in [0.15, 0.2) is 0 Å². The van der Waals surface area contributed by atoms with Crippen molar-refractivity contribution in [3.63, 3.8) is 0 Å². The Morgan fingerprint density at radius 3 is 2.29 bits per heavy atom. The number of fused-ring (bicyclic) bond motifs is 1. The zero-order valence-electron chi connectivity index (χ0n) is 9.92. The highest BCUT2D eigenvalue weighted by Gasteiger charge is 2.47. The van der Waals surface area contributed by atoms with E-state index in [4.69, 9.17) is 0 Å². The summed E-state index contributed by atoms with van der Waals surface area (Å²) in [6, 6.07) is 0.813. The van der Waals surface area contributed by atoms with Crippen molar-refractivity contribution in [2.75, 3.05) is 6.54 Å². The number of rotatable bonds is 5. The van der Waals surface area contributed by atoms with Crippen molar-refractivity contribution in [1.29, 1.82) is 0 Å². The lowest BCUT2D eigenvalue weighted by Crippen LogP contribution is -2.36. The van der Waals surface area contributed by atoms with E-state index in [1.807, 2.05) is 0 Å². The van der Waals surface area contributed by atoms with Gasteiger partial charge in [0.2, 0.25) is 0 Å². The SMILES string of the molecule is CCNC(CC(C)C)C1CC2CC2C1. The summed E-state index contributed by atoms with van der Waals surface area (Å²) in [4.78, 5) is 0. The van der Waals surface area contributed by atoms with Crippen LogP contribution in [0, 0.1) is 23.7 Å². The largest absolute Gasteiger partial charge is 0.314 e. The molecule has 0 bridgehead atoms. The van der Waals surface area contributed by atoms with E-state index in [9.17, 15) is 0 Å². The van der Waals surface area contributed by atoms with E-state index in [1.54, 1.807) is 6.42 Å². The minimum absolute atomic E-state index is 0.813. The van der Waals surface area contributed by atoms with Crippen LogP contribution in [0.25, 0.3) is 0 Å². The van der Waals surface area contributed by atoms with E-state index in [-0.39, 0.29) is 0 Å². The summed E-state index contributed by atoms with van der Waals surface area (Å²) in [5.41, 5.74) is 0. The van der Waals surface area contributed by atoms with Gasteiger partial charge in [-0.05, 0) is 55.9 Å². The molecule has 0 amide bonds. The summed E-state index contributed by atoms with van der Waals surface area (Å²) in [5, 5.41) is 3.70. The van der Waals surface area contributed by atoms with Gasteiger partial charge in [-0.25, -0.2) is 0 Å². The fraction of sp³-hybridized carbons (Fsp3) is 1.00. The normalized spacial score (nSPS) is 37.3. The third-order valence-corrected chi connectivity index (χ3v) is 4.04. The van der Waals surface area contributed by atoms with Crippen molar-refractivity contribution in [3.05, 3.63) is 0 Å². The minimum atomic E-state index is 0.813. The van der Waals surface area contributed by atoms with Crippen LogP contribution in [-0.4, -0.2) is 12.6 Å². The number of nitrogens with one attached hydrogen (secondary N) is 1. The first-order chi connectivity index (χ1) is 6.70. The van der Waals surface area contributed by atoms with Crippen LogP contribution in [0.1, 0.15) is 46.5 Å². The molecule has 0 radical (unpaired) electrons. The van der Waals surface area contributed by atoms with Gasteiger partial charge in [0.1, 0.15) is 0 Å². The maximum Gasteiger partial charge on any atom is 0.00978 e. The molecule has 2 aliphatic carbocycles. The summed E-state index contributed by atoms with van der Waals surface area (Å²) >= 11 is 0. The Bertz CT molecular complexity index is 178. The predicted molar refractivity (Wildman–Crippen MR) is 61.2 cm³/mol. The topological polar surface area (TPSA) is 12.0 Å². The average Bonchev–Trinajstić information content (AvgIpc) is 2.72. The second-order valence-corrected chi connectivity index (χ2v) is 5.78. The lowest BCUT2D eigenvalue weighted by molar-refractivity contribution is 0.295. The van der Waals surface area contributed by atoms with E-state index in [0.29, 0.717) is 0 Å². The standard InChI is InChI=1S/C13H25N/c1-4-14-13(5-9(2)3)12-7-10-6-11(10)8-12/h9-14H,4-8H2,1-3H3. The maximum absolute atomic E-state index is 3.70. The van der Waals surface area contributed by atoms with Crippen LogP contribution in [0.3, 0.4) is 0 Å². The summed E-state index contributed by atoms with van der Waals surface area (Å²) in [5.74, 6) is 4.11. The Balaban J connectivity index is 1.82. The molecule has 3 unspecified atom stereocenters. The van der Waals surface area contributed by atoms with Gasteiger partial charge >= 0.3 is 0 Å². The van der Waals surface area contributed by atoms with Gasteiger partial charge < -0.3 is 5.32 Å². The lowest BCUT2D eigenvalue weighted by atomic mass is 9.88. The van der Waals surface area contributed by atoms with Gasteiger partial charge in [-0.15, -0.1) is 0 Å². The van der Waals surface area contributed by atoms with Crippen LogP contribution in [0.15, 0.2) is 0 Å². The van der Waals surface area contributed by atoms with Crippen LogP contribution in [0.5, 0.6) is 0 Å². The fourth-order valence-corrected chi connectivity index (χ4v) is 3.30. The molecule has 2 rings (SSSR count). The molecule has 82 valence electrons.